The number of carbonyl (C=O) groups is 3. The van der Waals surface area contributed by atoms with Crippen LogP contribution >= 0.6 is 7.14 Å². The van der Waals surface area contributed by atoms with Crippen LogP contribution in [-0.2, 0) is 18.9 Å². The summed E-state index contributed by atoms with van der Waals surface area (Å²) in [6, 6.07) is 0. The van der Waals surface area contributed by atoms with E-state index >= 15 is 0 Å². The first-order valence-electron chi connectivity index (χ1n) is 5.00. The summed E-state index contributed by atoms with van der Waals surface area (Å²) in [5.74, 6) is -0.708. The Balaban J connectivity index is -0.000000188. The maximum absolute atomic E-state index is 10.4. The van der Waals surface area contributed by atoms with Gasteiger partial charge < -0.3 is 14.3 Å². The van der Waals surface area contributed by atoms with E-state index in [-0.39, 0.29) is 5.78 Å². The van der Waals surface area contributed by atoms with E-state index in [0.717, 1.165) is 0 Å². The van der Waals surface area contributed by atoms with Gasteiger partial charge in [-0.15, -0.1) is 0 Å². The van der Waals surface area contributed by atoms with Gasteiger partial charge in [-0.05, 0) is 33.8 Å². The summed E-state index contributed by atoms with van der Waals surface area (Å²) in [5.41, 5.74) is 0. The van der Waals surface area contributed by atoms with E-state index in [4.69, 9.17) is 0 Å². The standard InChI is InChI=1S/C5H9NO2.C3H9OP.C3H6O/c1-4(7)5(8)6(2)3;1-5(2,3)4;1-3(2)4/h1-3H3;1-3H3;1-2H3. The zero-order valence-electron chi connectivity index (χ0n) is 12.0. The fourth-order valence-corrected chi connectivity index (χ4v) is 0.315. The minimum Gasteiger partial charge on any atom is -0.342 e. The second-order valence-electron chi connectivity index (χ2n) is 4.55. The quantitative estimate of drug-likeness (QED) is 0.532. The average Bonchev–Trinajstić information content (AvgIpc) is 1.97. The van der Waals surface area contributed by atoms with Gasteiger partial charge in [-0.2, -0.15) is 0 Å². The molecule has 0 fully saturated rings. The number of hydrogen-bond acceptors (Lipinski definition) is 4. The van der Waals surface area contributed by atoms with Gasteiger partial charge in [0.05, 0.1) is 7.14 Å². The molecule has 0 aromatic heterocycles. The molecule has 102 valence electrons. The number of hydrogen-bond donors (Lipinski definition) is 0. The summed E-state index contributed by atoms with van der Waals surface area (Å²) in [5, 5.41) is 0. The zero-order chi connectivity index (χ0) is 14.8. The topological polar surface area (TPSA) is 71.5 Å². The van der Waals surface area contributed by atoms with Gasteiger partial charge in [-0.25, -0.2) is 0 Å². The first kappa shape index (κ1) is 21.3. The molecule has 0 spiro atoms. The minimum absolute atomic E-state index is 0.167. The van der Waals surface area contributed by atoms with E-state index < -0.39 is 18.8 Å². The number of nitrogens with zero attached hydrogens (tertiary/aromatic N) is 1. The largest absolute Gasteiger partial charge is 0.342 e. The Morgan fingerprint density at radius 2 is 1.06 bits per heavy atom. The lowest BCUT2D eigenvalue weighted by Crippen LogP contribution is -2.27. The molecular weight excluding hydrogens is 241 g/mol. The normalized spacial score (nSPS) is 8.94. The third kappa shape index (κ3) is 51.6. The lowest BCUT2D eigenvalue weighted by atomic mass is 10.4. The molecule has 0 rings (SSSR count). The highest BCUT2D eigenvalue weighted by atomic mass is 31.2. The highest BCUT2D eigenvalue weighted by molar-refractivity contribution is 7.61. The van der Waals surface area contributed by atoms with E-state index in [1.165, 1.54) is 25.7 Å². The molecule has 5 nitrogen and oxygen atoms in total. The number of rotatable bonds is 1. The van der Waals surface area contributed by atoms with Gasteiger partial charge in [-0.3, -0.25) is 9.59 Å². The van der Waals surface area contributed by atoms with Crippen molar-refractivity contribution in [2.24, 2.45) is 0 Å². The number of amides is 1. The highest BCUT2D eigenvalue weighted by Gasteiger charge is 2.07. The van der Waals surface area contributed by atoms with Crippen molar-refractivity contribution in [3.8, 4) is 0 Å². The maximum Gasteiger partial charge on any atom is 0.289 e. The molecule has 0 radical (unpaired) electrons. The molecule has 0 aliphatic carbocycles. The molecule has 1 amide bonds. The lowest BCUT2D eigenvalue weighted by molar-refractivity contribution is -0.141. The average molecular weight is 265 g/mol. The van der Waals surface area contributed by atoms with Crippen LogP contribution in [0.5, 0.6) is 0 Å². The van der Waals surface area contributed by atoms with Gasteiger partial charge in [-0.1, -0.05) is 0 Å². The molecule has 0 saturated heterocycles. The number of likely N-dealkylation sites (N-methyl/N-ethyl adjacent to an activating group) is 1. The minimum atomic E-state index is -1.64. The van der Waals surface area contributed by atoms with E-state index in [2.05, 4.69) is 0 Å². The molecule has 0 saturated carbocycles. The van der Waals surface area contributed by atoms with Crippen LogP contribution in [0.3, 0.4) is 0 Å². The fraction of sp³-hybridized carbons (Fsp3) is 0.727. The Hall–Kier alpha value is -0.960. The van der Waals surface area contributed by atoms with Gasteiger partial charge in [0.2, 0.25) is 5.78 Å². The molecule has 0 aromatic rings. The summed E-state index contributed by atoms with van der Waals surface area (Å²) in [6.45, 7) is 9.54. The van der Waals surface area contributed by atoms with Crippen LogP contribution in [0.1, 0.15) is 20.8 Å². The zero-order valence-corrected chi connectivity index (χ0v) is 12.9. The van der Waals surface area contributed by atoms with Crippen molar-refractivity contribution in [3.63, 3.8) is 0 Å². The Bertz CT molecular complexity index is 292. The SMILES string of the molecule is CC(=O)C(=O)N(C)C.CC(C)=O.CP(C)(C)=O. The second kappa shape index (κ2) is 10.2. The van der Waals surface area contributed by atoms with E-state index in [1.807, 2.05) is 0 Å². The molecule has 0 heterocycles. The molecule has 0 aromatic carbocycles. The molecule has 0 atom stereocenters. The Morgan fingerprint density at radius 1 is 0.882 bits per heavy atom. The van der Waals surface area contributed by atoms with E-state index in [0.29, 0.717) is 0 Å². The van der Waals surface area contributed by atoms with Crippen LogP contribution in [0.25, 0.3) is 0 Å². The third-order valence-electron chi connectivity index (χ3n) is 0.707. The van der Waals surface area contributed by atoms with Gasteiger partial charge in [0.25, 0.3) is 5.91 Å². The predicted molar refractivity (Wildman–Crippen MR) is 71.1 cm³/mol. The third-order valence-corrected chi connectivity index (χ3v) is 0.707. The molecule has 0 N–H and O–H groups in total. The molecular formula is C11H24NO4P. The monoisotopic (exact) mass is 265 g/mol. The fourth-order valence-electron chi connectivity index (χ4n) is 0.315. The smallest absolute Gasteiger partial charge is 0.289 e. The maximum atomic E-state index is 10.4. The van der Waals surface area contributed by atoms with Gasteiger partial charge in [0.1, 0.15) is 5.78 Å². The molecule has 0 aliphatic rings. The van der Waals surface area contributed by atoms with Gasteiger partial charge in [0.15, 0.2) is 0 Å². The Labute approximate surface area is 104 Å². The number of Topliss-reactive ketones (excluding diaryl/α,β-unsaturated/α-hetero) is 2. The first-order chi connectivity index (χ1) is 7.29. The van der Waals surface area contributed by atoms with Crippen LogP contribution in [0.2, 0.25) is 0 Å². The van der Waals surface area contributed by atoms with Crippen molar-refractivity contribution in [3.05, 3.63) is 0 Å². The van der Waals surface area contributed by atoms with Crippen LogP contribution < -0.4 is 0 Å². The van der Waals surface area contributed by atoms with Gasteiger partial charge >= 0.3 is 0 Å². The molecule has 0 bridgehead atoms. The van der Waals surface area contributed by atoms with Crippen molar-refractivity contribution < 1.29 is 18.9 Å². The van der Waals surface area contributed by atoms with Crippen molar-refractivity contribution in [1.82, 2.24) is 4.90 Å². The summed E-state index contributed by atoms with van der Waals surface area (Å²) in [4.78, 5) is 31.3. The first-order valence-corrected chi connectivity index (χ1v) is 8.05. The molecule has 0 aliphatic heterocycles. The van der Waals surface area contributed by atoms with Crippen molar-refractivity contribution in [2.75, 3.05) is 34.1 Å². The van der Waals surface area contributed by atoms with Crippen molar-refractivity contribution >= 4 is 24.6 Å². The van der Waals surface area contributed by atoms with Crippen molar-refractivity contribution in [1.29, 1.82) is 0 Å². The molecule has 6 heteroatoms. The van der Waals surface area contributed by atoms with Crippen LogP contribution in [0.4, 0.5) is 0 Å². The summed E-state index contributed by atoms with van der Waals surface area (Å²) >= 11 is 0. The van der Waals surface area contributed by atoms with E-state index in [9.17, 15) is 18.9 Å². The van der Waals surface area contributed by atoms with Crippen LogP contribution in [0, 0.1) is 0 Å². The van der Waals surface area contributed by atoms with Gasteiger partial charge in [0, 0.05) is 21.0 Å². The summed E-state index contributed by atoms with van der Waals surface area (Å²) in [7, 11) is 1.45. The number of carbonyl (C=O) groups excluding carboxylic acids is 3. The summed E-state index contributed by atoms with van der Waals surface area (Å²) in [6.07, 6.45) is 0. The molecule has 0 unspecified atom stereocenters. The second-order valence-corrected chi connectivity index (χ2v) is 8.33. The number of ketones is 2. The lowest BCUT2D eigenvalue weighted by Gasteiger charge is -2.04. The predicted octanol–water partition coefficient (Wildman–Crippen LogP) is 1.50. The van der Waals surface area contributed by atoms with E-state index in [1.54, 1.807) is 34.1 Å². The summed E-state index contributed by atoms with van der Waals surface area (Å²) < 4.78 is 10.2. The van der Waals surface area contributed by atoms with Crippen molar-refractivity contribution in [2.45, 2.75) is 20.8 Å². The highest BCUT2D eigenvalue weighted by Crippen LogP contribution is 2.28. The Kier molecular flexibility index (Phi) is 12.8. The van der Waals surface area contributed by atoms with Crippen LogP contribution in [-0.4, -0.2) is 56.5 Å². The molecule has 17 heavy (non-hydrogen) atoms. The Morgan fingerprint density at radius 3 is 1.06 bits per heavy atom. The van der Waals surface area contributed by atoms with Crippen LogP contribution in [0.15, 0.2) is 0 Å².